The van der Waals surface area contributed by atoms with Gasteiger partial charge in [0.15, 0.2) is 0 Å². The van der Waals surface area contributed by atoms with Gasteiger partial charge in [-0.3, -0.25) is 4.74 Å². The summed E-state index contributed by atoms with van der Waals surface area (Å²) in [6.07, 6.45) is 4.66. The van der Waals surface area contributed by atoms with Gasteiger partial charge in [-0.1, -0.05) is 115 Å². The Morgan fingerprint density at radius 1 is 0.613 bits per heavy atom. The minimum absolute atomic E-state index is 0.215. The Morgan fingerprint density at radius 3 is 1.77 bits per heavy atom. The van der Waals surface area contributed by atoms with Crippen LogP contribution in [0.15, 0.2) is 114 Å². The molecule has 31 heavy (non-hydrogen) atoms. The molecule has 0 amide bonds. The van der Waals surface area contributed by atoms with Gasteiger partial charge in [0.1, 0.15) is 0 Å². The molecule has 1 nitrogen and oxygen atoms in total. The van der Waals surface area contributed by atoms with E-state index in [1.807, 2.05) is 0 Å². The van der Waals surface area contributed by atoms with Gasteiger partial charge >= 0.3 is 0 Å². The van der Waals surface area contributed by atoms with Crippen LogP contribution >= 0.6 is 7.05 Å². The zero-order chi connectivity index (χ0) is 21.3. The van der Waals surface area contributed by atoms with Crippen LogP contribution in [0, 0.1) is 13.8 Å². The van der Waals surface area contributed by atoms with Crippen LogP contribution in [0.4, 0.5) is 5.69 Å². The number of nitrogens with zero attached hydrogens (tertiary/aromatic N) is 1. The molecule has 2 heteroatoms. The Hall–Kier alpha value is -3.15. The summed E-state index contributed by atoms with van der Waals surface area (Å²) in [6, 6.07) is 37.1. The highest BCUT2D eigenvalue weighted by molar-refractivity contribution is 7.81. The second kappa shape index (κ2) is 8.17. The molecule has 0 saturated heterocycles. The summed E-state index contributed by atoms with van der Waals surface area (Å²) < 4.78 is 5.77. The van der Waals surface area contributed by atoms with Crippen LogP contribution in [0.5, 0.6) is 0 Å². The largest absolute Gasteiger partial charge is 0.257 e. The third-order valence-corrected chi connectivity index (χ3v) is 10.1. The molecule has 4 aromatic carbocycles. The van der Waals surface area contributed by atoms with Crippen molar-refractivity contribution in [1.82, 2.24) is 0 Å². The maximum absolute atomic E-state index is 5.77. The van der Waals surface area contributed by atoms with Crippen molar-refractivity contribution in [2.75, 3.05) is 0 Å². The maximum Gasteiger partial charge on any atom is 0.0680 e. The van der Waals surface area contributed by atoms with E-state index in [1.54, 1.807) is 0 Å². The van der Waals surface area contributed by atoms with Gasteiger partial charge in [0.25, 0.3) is 0 Å². The van der Waals surface area contributed by atoms with Crippen molar-refractivity contribution < 1.29 is 0 Å². The number of hydrogen-bond donors (Lipinski definition) is 0. The Balaban J connectivity index is 1.93. The topological polar surface area (TPSA) is 12.4 Å². The van der Waals surface area contributed by atoms with Gasteiger partial charge in [0, 0.05) is 12.7 Å². The average Bonchev–Trinajstić information content (AvgIpc) is 3.25. The molecule has 0 aromatic heterocycles. The molecule has 1 aliphatic rings. The molecule has 5 rings (SSSR count). The highest BCUT2D eigenvalue weighted by atomic mass is 31.2. The monoisotopic (exact) mass is 419 g/mol. The van der Waals surface area contributed by atoms with Gasteiger partial charge in [-0.25, -0.2) is 0 Å². The number of allylic oxidation sites excluding steroid dienone is 1. The number of benzene rings is 4. The average molecular weight is 420 g/mol. The highest BCUT2D eigenvalue weighted by Crippen LogP contribution is 2.64. The first-order valence-electron chi connectivity index (χ1n) is 10.8. The van der Waals surface area contributed by atoms with E-state index >= 15 is 0 Å². The fourth-order valence-corrected chi connectivity index (χ4v) is 8.79. The molecule has 0 fully saturated rings. The van der Waals surface area contributed by atoms with E-state index < -0.39 is 7.05 Å². The molecule has 1 unspecified atom stereocenters. The molecule has 0 aliphatic heterocycles. The van der Waals surface area contributed by atoms with E-state index in [-0.39, 0.29) is 5.66 Å². The van der Waals surface area contributed by atoms with Crippen molar-refractivity contribution in [1.29, 1.82) is 0 Å². The third kappa shape index (κ3) is 3.40. The Morgan fingerprint density at radius 2 is 1.16 bits per heavy atom. The fraction of sp³-hybridized carbons (Fsp3) is 0.103. The lowest BCUT2D eigenvalue weighted by molar-refractivity contribution is 1.23. The first-order valence-corrected chi connectivity index (χ1v) is 12.6. The van der Waals surface area contributed by atoms with E-state index in [0.717, 1.165) is 5.69 Å². The molecule has 0 spiro atoms. The summed E-state index contributed by atoms with van der Waals surface area (Å²) in [5.41, 5.74) is 6.48. The van der Waals surface area contributed by atoms with E-state index in [0.29, 0.717) is 0 Å². The molecular formula is C29H26NP. The molecule has 0 radical (unpaired) electrons. The van der Waals surface area contributed by atoms with Crippen molar-refractivity contribution >= 4 is 29.4 Å². The predicted molar refractivity (Wildman–Crippen MR) is 135 cm³/mol. The number of rotatable bonds is 4. The number of aryl methyl sites for hydroxylation is 2. The number of fused-ring (bicyclic) bond motifs is 1. The van der Waals surface area contributed by atoms with E-state index in [1.165, 1.54) is 32.9 Å². The Bertz CT molecular complexity index is 1240. The zero-order valence-corrected chi connectivity index (χ0v) is 18.8. The Kier molecular flexibility index (Phi) is 5.22. The lowest BCUT2D eigenvalue weighted by Crippen LogP contribution is -2.20. The second-order valence-corrected chi connectivity index (χ2v) is 11.3. The number of hydrogen-bond acceptors (Lipinski definition) is 1. The van der Waals surface area contributed by atoms with Crippen molar-refractivity contribution in [2.45, 2.75) is 19.5 Å². The lowest BCUT2D eigenvalue weighted by Gasteiger charge is -2.32. The SMILES string of the molecule is Cc1cccc(C)c1N=P(c1ccccc1)(c1ccccc1)C1C=Cc2ccccc21. The van der Waals surface area contributed by atoms with Crippen LogP contribution in [0.3, 0.4) is 0 Å². The summed E-state index contributed by atoms with van der Waals surface area (Å²) in [5.74, 6) is 0. The van der Waals surface area contributed by atoms with Crippen molar-refractivity contribution in [3.63, 3.8) is 0 Å². The summed E-state index contributed by atoms with van der Waals surface area (Å²) in [5, 5.41) is 2.63. The van der Waals surface area contributed by atoms with Gasteiger partial charge in [0.05, 0.1) is 5.69 Å². The van der Waals surface area contributed by atoms with Crippen LogP contribution < -0.4 is 10.6 Å². The van der Waals surface area contributed by atoms with Crippen molar-refractivity contribution in [3.05, 3.63) is 131 Å². The Labute approximate surface area is 185 Å². The summed E-state index contributed by atoms with van der Waals surface area (Å²) >= 11 is 0. The van der Waals surface area contributed by atoms with E-state index in [4.69, 9.17) is 4.74 Å². The third-order valence-electron chi connectivity index (χ3n) is 6.17. The van der Waals surface area contributed by atoms with Gasteiger partial charge in [-0.15, -0.1) is 0 Å². The van der Waals surface area contributed by atoms with Gasteiger partial charge in [-0.05, 0) is 46.7 Å². The van der Waals surface area contributed by atoms with Crippen molar-refractivity contribution in [2.24, 2.45) is 4.74 Å². The first kappa shape index (κ1) is 19.8. The maximum atomic E-state index is 5.77. The quantitative estimate of drug-likeness (QED) is 0.303. The molecule has 1 atom stereocenters. The van der Waals surface area contributed by atoms with Crippen LogP contribution in [0.1, 0.15) is 27.9 Å². The molecule has 1 aliphatic carbocycles. The van der Waals surface area contributed by atoms with Crippen molar-refractivity contribution in [3.8, 4) is 0 Å². The minimum atomic E-state index is -2.22. The zero-order valence-electron chi connectivity index (χ0n) is 17.9. The van der Waals surface area contributed by atoms with Crippen LogP contribution in [-0.2, 0) is 0 Å². The highest BCUT2D eigenvalue weighted by Gasteiger charge is 2.37. The molecular weight excluding hydrogens is 393 g/mol. The second-order valence-electron chi connectivity index (χ2n) is 8.13. The van der Waals surface area contributed by atoms with Gasteiger partial charge in [0.2, 0.25) is 0 Å². The van der Waals surface area contributed by atoms with E-state index in [9.17, 15) is 0 Å². The van der Waals surface area contributed by atoms with Gasteiger partial charge < -0.3 is 0 Å². The van der Waals surface area contributed by atoms with Crippen LogP contribution in [0.2, 0.25) is 0 Å². The smallest absolute Gasteiger partial charge is 0.0680 e. The summed E-state index contributed by atoms with van der Waals surface area (Å²) in [6.45, 7) is 4.35. The molecule has 0 bridgehead atoms. The predicted octanol–water partition coefficient (Wildman–Crippen LogP) is 7.56. The fourth-order valence-electron chi connectivity index (χ4n) is 4.64. The standard InChI is InChI=1S/C29H26NP/c1-22-12-11-13-23(2)29(22)30-31(25-15-5-3-6-16-25,26-17-7-4-8-18-26)28-21-20-24-14-9-10-19-27(24)28/h3-21,28H,1-2H3. The summed E-state index contributed by atoms with van der Waals surface area (Å²) in [4.78, 5) is 0. The molecule has 0 N–H and O–H groups in total. The normalized spacial score (nSPS) is 15.0. The van der Waals surface area contributed by atoms with Crippen LogP contribution in [-0.4, -0.2) is 0 Å². The summed E-state index contributed by atoms with van der Waals surface area (Å²) in [7, 11) is -2.22. The van der Waals surface area contributed by atoms with Gasteiger partial charge in [-0.2, -0.15) is 0 Å². The minimum Gasteiger partial charge on any atom is -0.257 e. The molecule has 152 valence electrons. The molecule has 0 heterocycles. The van der Waals surface area contributed by atoms with Crippen LogP contribution in [0.25, 0.3) is 6.08 Å². The van der Waals surface area contributed by atoms with E-state index in [2.05, 4.69) is 129 Å². The first-order chi connectivity index (χ1) is 15.2. The lowest BCUT2D eigenvalue weighted by atomic mass is 10.1. The molecule has 0 saturated carbocycles. The molecule has 4 aromatic rings.